The molecule has 0 bridgehead atoms. The lowest BCUT2D eigenvalue weighted by molar-refractivity contribution is -0.132. The van der Waals surface area contributed by atoms with Crippen LogP contribution in [0.4, 0.5) is 0 Å². The second-order valence-electron chi connectivity index (χ2n) is 9.00. The molecule has 1 atom stereocenters. The predicted octanol–water partition coefficient (Wildman–Crippen LogP) is 2.83. The maximum Gasteiger partial charge on any atom is 0.225 e. The molecule has 1 aliphatic rings. The molecule has 0 spiro atoms. The van der Waals surface area contributed by atoms with Crippen molar-refractivity contribution in [2.45, 2.75) is 25.9 Å². The van der Waals surface area contributed by atoms with Gasteiger partial charge in [0.2, 0.25) is 5.91 Å². The van der Waals surface area contributed by atoms with Gasteiger partial charge in [0.15, 0.2) is 0 Å². The summed E-state index contributed by atoms with van der Waals surface area (Å²) in [6.07, 6.45) is 2.95. The molecule has 1 unspecified atom stereocenters. The number of piperidine rings is 1. The summed E-state index contributed by atoms with van der Waals surface area (Å²) >= 11 is 0. The standard InChI is InChI=1S/C25H32N4O3/c1-25(24(31)26-2)9-12-29(13-10-25)16-21(30)17-32-22-7-6-18-14-20(5-4-19(18)15-22)23-8-11-28(3)27-23/h4-8,11,14-15,21,30H,9-10,12-13,16-17H2,1-3H3,(H,26,31). The lowest BCUT2D eigenvalue weighted by Crippen LogP contribution is -2.48. The van der Waals surface area contributed by atoms with Crippen molar-refractivity contribution >= 4 is 16.7 Å². The van der Waals surface area contributed by atoms with Gasteiger partial charge in [0.1, 0.15) is 18.5 Å². The molecule has 0 aliphatic carbocycles. The molecule has 32 heavy (non-hydrogen) atoms. The number of benzene rings is 2. The number of rotatable bonds is 7. The average Bonchev–Trinajstić information content (AvgIpc) is 3.24. The summed E-state index contributed by atoms with van der Waals surface area (Å²) in [4.78, 5) is 14.3. The molecule has 1 saturated heterocycles. The molecule has 1 fully saturated rings. The zero-order valence-corrected chi connectivity index (χ0v) is 19.0. The molecular weight excluding hydrogens is 404 g/mol. The number of hydrogen-bond donors (Lipinski definition) is 2. The fraction of sp³-hybridized carbons (Fsp3) is 0.440. The molecule has 2 N–H and O–H groups in total. The number of β-amino-alcohol motifs (C(OH)–C–C–N with tert-alkyl or cyclic N) is 1. The highest BCUT2D eigenvalue weighted by molar-refractivity contribution is 5.88. The highest BCUT2D eigenvalue weighted by Gasteiger charge is 2.36. The lowest BCUT2D eigenvalue weighted by Gasteiger charge is -2.38. The molecule has 1 amide bonds. The van der Waals surface area contributed by atoms with E-state index in [0.29, 0.717) is 6.54 Å². The molecular formula is C25H32N4O3. The van der Waals surface area contributed by atoms with Crippen LogP contribution < -0.4 is 10.1 Å². The smallest absolute Gasteiger partial charge is 0.225 e. The number of likely N-dealkylation sites (tertiary alicyclic amines) is 1. The first-order valence-electron chi connectivity index (χ1n) is 11.2. The first-order valence-corrected chi connectivity index (χ1v) is 11.2. The van der Waals surface area contributed by atoms with E-state index < -0.39 is 6.10 Å². The molecule has 170 valence electrons. The number of nitrogens with zero attached hydrogens (tertiary/aromatic N) is 3. The van der Waals surface area contributed by atoms with E-state index in [-0.39, 0.29) is 17.9 Å². The molecule has 2 aromatic carbocycles. The van der Waals surface area contributed by atoms with Crippen molar-refractivity contribution in [1.82, 2.24) is 20.0 Å². The largest absolute Gasteiger partial charge is 0.491 e. The van der Waals surface area contributed by atoms with Crippen LogP contribution in [0.5, 0.6) is 5.75 Å². The van der Waals surface area contributed by atoms with Crippen molar-refractivity contribution in [1.29, 1.82) is 0 Å². The first-order chi connectivity index (χ1) is 15.4. The second kappa shape index (κ2) is 9.30. The SMILES string of the molecule is CNC(=O)C1(C)CCN(CC(O)COc2ccc3cc(-c4ccn(C)n4)ccc3c2)CC1. The van der Waals surface area contributed by atoms with E-state index in [4.69, 9.17) is 4.74 Å². The van der Waals surface area contributed by atoms with Gasteiger partial charge in [0.05, 0.1) is 5.69 Å². The van der Waals surface area contributed by atoms with E-state index in [2.05, 4.69) is 33.5 Å². The average molecular weight is 437 g/mol. The Kier molecular flexibility index (Phi) is 6.48. The fourth-order valence-corrected chi connectivity index (χ4v) is 4.34. The molecule has 7 nitrogen and oxygen atoms in total. The number of aliphatic hydroxyl groups is 1. The van der Waals surface area contributed by atoms with Gasteiger partial charge >= 0.3 is 0 Å². The number of amides is 1. The van der Waals surface area contributed by atoms with Crippen molar-refractivity contribution in [2.24, 2.45) is 12.5 Å². The van der Waals surface area contributed by atoms with E-state index in [9.17, 15) is 9.90 Å². The number of carbonyl (C=O) groups excluding carboxylic acids is 1. The Balaban J connectivity index is 1.30. The number of ether oxygens (including phenoxy) is 1. The summed E-state index contributed by atoms with van der Waals surface area (Å²) in [7, 11) is 3.60. The van der Waals surface area contributed by atoms with Gasteiger partial charge in [0.25, 0.3) is 0 Å². The Morgan fingerprint density at radius 2 is 1.91 bits per heavy atom. The van der Waals surface area contributed by atoms with E-state index in [1.807, 2.05) is 44.4 Å². The van der Waals surface area contributed by atoms with Gasteiger partial charge in [-0.15, -0.1) is 0 Å². The number of aryl methyl sites for hydroxylation is 1. The molecule has 4 rings (SSSR count). The van der Waals surface area contributed by atoms with Crippen LogP contribution in [-0.4, -0.2) is 65.1 Å². The summed E-state index contributed by atoms with van der Waals surface area (Å²) in [5.74, 6) is 0.845. The number of hydrogen-bond acceptors (Lipinski definition) is 5. The van der Waals surface area contributed by atoms with Gasteiger partial charge in [-0.1, -0.05) is 25.1 Å². The van der Waals surface area contributed by atoms with Gasteiger partial charge in [-0.3, -0.25) is 9.48 Å². The van der Waals surface area contributed by atoms with E-state index in [1.54, 1.807) is 11.7 Å². The van der Waals surface area contributed by atoms with Crippen LogP contribution in [0.2, 0.25) is 0 Å². The van der Waals surface area contributed by atoms with Crippen LogP contribution in [-0.2, 0) is 11.8 Å². The third-order valence-corrected chi connectivity index (χ3v) is 6.47. The monoisotopic (exact) mass is 436 g/mol. The van der Waals surface area contributed by atoms with Crippen LogP contribution in [0.1, 0.15) is 19.8 Å². The van der Waals surface area contributed by atoms with Crippen molar-refractivity contribution in [3.05, 3.63) is 48.7 Å². The number of carbonyl (C=O) groups is 1. The molecule has 2 heterocycles. The van der Waals surface area contributed by atoms with Crippen LogP contribution in [0.3, 0.4) is 0 Å². The van der Waals surface area contributed by atoms with E-state index in [1.165, 1.54) is 0 Å². The third kappa shape index (κ3) is 4.95. The molecule has 1 aromatic heterocycles. The van der Waals surface area contributed by atoms with Gasteiger partial charge < -0.3 is 20.1 Å². The minimum atomic E-state index is -0.582. The van der Waals surface area contributed by atoms with Crippen LogP contribution in [0.15, 0.2) is 48.7 Å². The van der Waals surface area contributed by atoms with Crippen molar-refractivity contribution in [3.8, 4) is 17.0 Å². The quantitative estimate of drug-likeness (QED) is 0.595. The van der Waals surface area contributed by atoms with Gasteiger partial charge in [-0.2, -0.15) is 5.10 Å². The van der Waals surface area contributed by atoms with E-state index in [0.717, 1.165) is 53.7 Å². The topological polar surface area (TPSA) is 79.6 Å². The van der Waals surface area contributed by atoms with Crippen LogP contribution in [0.25, 0.3) is 22.0 Å². The van der Waals surface area contributed by atoms with Crippen molar-refractivity contribution < 1.29 is 14.6 Å². The molecule has 0 radical (unpaired) electrons. The minimum absolute atomic E-state index is 0.101. The van der Waals surface area contributed by atoms with Crippen molar-refractivity contribution in [3.63, 3.8) is 0 Å². The summed E-state index contributed by atoms with van der Waals surface area (Å²) in [6, 6.07) is 14.2. The predicted molar refractivity (Wildman–Crippen MR) is 125 cm³/mol. The first kappa shape index (κ1) is 22.3. The zero-order valence-electron chi connectivity index (χ0n) is 19.0. The third-order valence-electron chi connectivity index (χ3n) is 6.47. The Labute approximate surface area is 189 Å². The number of aromatic nitrogens is 2. The summed E-state index contributed by atoms with van der Waals surface area (Å²) in [6.45, 7) is 4.40. The molecule has 1 aliphatic heterocycles. The maximum absolute atomic E-state index is 12.1. The highest BCUT2D eigenvalue weighted by atomic mass is 16.5. The summed E-state index contributed by atoms with van der Waals surface area (Å²) in [5.41, 5.74) is 1.72. The summed E-state index contributed by atoms with van der Waals surface area (Å²) in [5, 5.41) is 19.9. The molecule has 7 heteroatoms. The summed E-state index contributed by atoms with van der Waals surface area (Å²) < 4.78 is 7.67. The number of nitrogens with one attached hydrogen (secondary N) is 1. The number of fused-ring (bicyclic) bond motifs is 1. The van der Waals surface area contributed by atoms with Gasteiger partial charge in [0, 0.05) is 37.8 Å². The fourth-order valence-electron chi connectivity index (χ4n) is 4.34. The zero-order chi connectivity index (χ0) is 22.7. The number of aliphatic hydroxyl groups excluding tert-OH is 1. The Hall–Kier alpha value is -2.90. The van der Waals surface area contributed by atoms with Crippen LogP contribution in [0, 0.1) is 5.41 Å². The van der Waals surface area contributed by atoms with Gasteiger partial charge in [-0.05, 0) is 61.0 Å². The highest BCUT2D eigenvalue weighted by Crippen LogP contribution is 2.31. The normalized spacial score (nSPS) is 17.2. The molecule has 3 aromatic rings. The second-order valence-corrected chi connectivity index (χ2v) is 9.00. The maximum atomic E-state index is 12.1. The Morgan fingerprint density at radius 1 is 1.19 bits per heavy atom. The Bertz CT molecular complexity index is 1090. The minimum Gasteiger partial charge on any atom is -0.491 e. The lowest BCUT2D eigenvalue weighted by atomic mass is 9.79. The van der Waals surface area contributed by atoms with E-state index >= 15 is 0 Å². The van der Waals surface area contributed by atoms with Gasteiger partial charge in [-0.25, -0.2) is 0 Å². The van der Waals surface area contributed by atoms with Crippen molar-refractivity contribution in [2.75, 3.05) is 33.3 Å². The van der Waals surface area contributed by atoms with Crippen LogP contribution >= 0.6 is 0 Å². The molecule has 0 saturated carbocycles. The Morgan fingerprint density at radius 3 is 2.59 bits per heavy atom.